The highest BCUT2D eigenvalue weighted by atomic mass is 35.5. The van der Waals surface area contributed by atoms with Crippen molar-refractivity contribution >= 4 is 11.6 Å². The van der Waals surface area contributed by atoms with Crippen LogP contribution in [0.5, 0.6) is 0 Å². The molecule has 1 aromatic carbocycles. The van der Waals surface area contributed by atoms with Crippen LogP contribution in [0.1, 0.15) is 25.8 Å². The predicted molar refractivity (Wildman–Crippen MR) is 62.6 cm³/mol. The van der Waals surface area contributed by atoms with Crippen molar-refractivity contribution in [2.24, 2.45) is 11.7 Å². The highest BCUT2D eigenvalue weighted by Gasteiger charge is 2.11. The standard InChI is InChI=1S/C12H18ClN/c1-3-11(9(2)14)8-10-4-6-12(13)7-5-10/h4-7,9,11H,3,8,14H2,1-2H3. The zero-order chi connectivity index (χ0) is 10.6. The number of rotatable bonds is 4. The van der Waals surface area contributed by atoms with Gasteiger partial charge < -0.3 is 5.73 Å². The first-order chi connectivity index (χ1) is 6.63. The summed E-state index contributed by atoms with van der Waals surface area (Å²) in [7, 11) is 0. The first kappa shape index (κ1) is 11.5. The Morgan fingerprint density at radius 2 is 1.86 bits per heavy atom. The number of hydrogen-bond donors (Lipinski definition) is 1. The minimum absolute atomic E-state index is 0.260. The molecule has 0 amide bonds. The van der Waals surface area contributed by atoms with Gasteiger partial charge in [0.05, 0.1) is 0 Å². The Morgan fingerprint density at radius 1 is 1.29 bits per heavy atom. The molecule has 2 atom stereocenters. The second-order valence-corrected chi connectivity index (χ2v) is 4.29. The molecule has 0 bridgehead atoms. The van der Waals surface area contributed by atoms with Gasteiger partial charge in [-0.25, -0.2) is 0 Å². The molecule has 0 aromatic heterocycles. The minimum atomic E-state index is 0.260. The molecule has 0 aliphatic rings. The molecule has 78 valence electrons. The van der Waals surface area contributed by atoms with Crippen LogP contribution < -0.4 is 5.73 Å². The third-order valence-electron chi connectivity index (χ3n) is 2.68. The van der Waals surface area contributed by atoms with Crippen molar-refractivity contribution in [1.29, 1.82) is 0 Å². The number of nitrogens with two attached hydrogens (primary N) is 1. The van der Waals surface area contributed by atoms with E-state index in [1.165, 1.54) is 5.56 Å². The van der Waals surface area contributed by atoms with Crippen molar-refractivity contribution < 1.29 is 0 Å². The lowest BCUT2D eigenvalue weighted by Gasteiger charge is -2.18. The quantitative estimate of drug-likeness (QED) is 0.813. The van der Waals surface area contributed by atoms with Crippen molar-refractivity contribution in [3.63, 3.8) is 0 Å². The molecule has 0 saturated carbocycles. The molecule has 0 spiro atoms. The summed E-state index contributed by atoms with van der Waals surface area (Å²) in [5, 5.41) is 0.794. The monoisotopic (exact) mass is 211 g/mol. The summed E-state index contributed by atoms with van der Waals surface area (Å²) in [5.41, 5.74) is 7.22. The molecule has 1 rings (SSSR count). The number of benzene rings is 1. The van der Waals surface area contributed by atoms with Crippen molar-refractivity contribution in [1.82, 2.24) is 0 Å². The Balaban J connectivity index is 2.63. The van der Waals surface area contributed by atoms with E-state index in [0.29, 0.717) is 5.92 Å². The number of halogens is 1. The summed E-state index contributed by atoms with van der Waals surface area (Å²) in [6, 6.07) is 8.28. The normalized spacial score (nSPS) is 15.1. The lowest BCUT2D eigenvalue weighted by atomic mass is 9.91. The van der Waals surface area contributed by atoms with Gasteiger partial charge >= 0.3 is 0 Å². The molecule has 2 unspecified atom stereocenters. The van der Waals surface area contributed by atoms with Crippen LogP contribution in [0, 0.1) is 5.92 Å². The van der Waals surface area contributed by atoms with E-state index >= 15 is 0 Å². The summed E-state index contributed by atoms with van der Waals surface area (Å²) in [4.78, 5) is 0. The summed E-state index contributed by atoms with van der Waals surface area (Å²) in [6.07, 6.45) is 2.17. The maximum atomic E-state index is 5.90. The largest absolute Gasteiger partial charge is 0.328 e. The molecule has 0 heterocycles. The zero-order valence-corrected chi connectivity index (χ0v) is 9.59. The smallest absolute Gasteiger partial charge is 0.0406 e. The third-order valence-corrected chi connectivity index (χ3v) is 2.93. The molecule has 0 aliphatic heterocycles. The maximum absolute atomic E-state index is 5.90. The van der Waals surface area contributed by atoms with Gasteiger partial charge in [0, 0.05) is 11.1 Å². The lowest BCUT2D eigenvalue weighted by molar-refractivity contribution is 0.428. The van der Waals surface area contributed by atoms with Crippen LogP contribution in [0.25, 0.3) is 0 Å². The van der Waals surface area contributed by atoms with Crippen LogP contribution >= 0.6 is 11.6 Å². The Kier molecular flexibility index (Phi) is 4.43. The minimum Gasteiger partial charge on any atom is -0.328 e. The van der Waals surface area contributed by atoms with E-state index in [1.807, 2.05) is 12.1 Å². The zero-order valence-electron chi connectivity index (χ0n) is 8.83. The van der Waals surface area contributed by atoms with Gasteiger partial charge in [0.2, 0.25) is 0 Å². The Labute approximate surface area is 91.3 Å². The van der Waals surface area contributed by atoms with E-state index in [-0.39, 0.29) is 6.04 Å². The second-order valence-electron chi connectivity index (χ2n) is 3.86. The molecular formula is C12H18ClN. The van der Waals surface area contributed by atoms with E-state index in [4.69, 9.17) is 17.3 Å². The average Bonchev–Trinajstić information content (AvgIpc) is 2.16. The van der Waals surface area contributed by atoms with Crippen LogP contribution in [0.15, 0.2) is 24.3 Å². The molecule has 0 aliphatic carbocycles. The van der Waals surface area contributed by atoms with Gasteiger partial charge in [-0.05, 0) is 37.0 Å². The van der Waals surface area contributed by atoms with Crippen LogP contribution in [0.2, 0.25) is 5.02 Å². The fourth-order valence-electron chi connectivity index (χ4n) is 1.63. The SMILES string of the molecule is CCC(Cc1ccc(Cl)cc1)C(C)N. The van der Waals surface area contributed by atoms with Gasteiger partial charge in [-0.1, -0.05) is 37.1 Å². The van der Waals surface area contributed by atoms with E-state index in [0.717, 1.165) is 17.9 Å². The summed E-state index contributed by atoms with van der Waals surface area (Å²) in [5.74, 6) is 0.566. The molecular weight excluding hydrogens is 194 g/mol. The van der Waals surface area contributed by atoms with Gasteiger partial charge in [0.25, 0.3) is 0 Å². The van der Waals surface area contributed by atoms with E-state index < -0.39 is 0 Å². The first-order valence-corrected chi connectivity index (χ1v) is 5.51. The van der Waals surface area contributed by atoms with Crippen molar-refractivity contribution in [3.8, 4) is 0 Å². The predicted octanol–water partition coefficient (Wildman–Crippen LogP) is 3.26. The fraction of sp³-hybridized carbons (Fsp3) is 0.500. The van der Waals surface area contributed by atoms with Crippen LogP contribution in [-0.2, 0) is 6.42 Å². The molecule has 0 fully saturated rings. The molecule has 2 N–H and O–H groups in total. The summed E-state index contributed by atoms with van der Waals surface area (Å²) < 4.78 is 0. The van der Waals surface area contributed by atoms with E-state index in [9.17, 15) is 0 Å². The Bertz CT molecular complexity index is 266. The van der Waals surface area contributed by atoms with Crippen molar-refractivity contribution in [3.05, 3.63) is 34.9 Å². The highest BCUT2D eigenvalue weighted by molar-refractivity contribution is 6.30. The highest BCUT2D eigenvalue weighted by Crippen LogP contribution is 2.17. The Hall–Kier alpha value is -0.530. The van der Waals surface area contributed by atoms with Crippen LogP contribution in [-0.4, -0.2) is 6.04 Å². The first-order valence-electron chi connectivity index (χ1n) is 5.13. The Morgan fingerprint density at radius 3 is 2.29 bits per heavy atom. The topological polar surface area (TPSA) is 26.0 Å². The molecule has 0 saturated heterocycles. The van der Waals surface area contributed by atoms with Gasteiger partial charge in [0.1, 0.15) is 0 Å². The maximum Gasteiger partial charge on any atom is 0.0406 e. The third kappa shape index (κ3) is 3.32. The summed E-state index contributed by atoms with van der Waals surface area (Å²) in [6.45, 7) is 4.26. The van der Waals surface area contributed by atoms with E-state index in [1.54, 1.807) is 0 Å². The van der Waals surface area contributed by atoms with Gasteiger partial charge in [-0.3, -0.25) is 0 Å². The van der Waals surface area contributed by atoms with Crippen molar-refractivity contribution in [2.75, 3.05) is 0 Å². The summed E-state index contributed by atoms with van der Waals surface area (Å²) >= 11 is 5.82. The van der Waals surface area contributed by atoms with Crippen molar-refractivity contribution in [2.45, 2.75) is 32.7 Å². The van der Waals surface area contributed by atoms with Crippen LogP contribution in [0.4, 0.5) is 0 Å². The molecule has 1 aromatic rings. The fourth-order valence-corrected chi connectivity index (χ4v) is 1.75. The number of hydrogen-bond acceptors (Lipinski definition) is 1. The van der Waals surface area contributed by atoms with Gasteiger partial charge in [-0.15, -0.1) is 0 Å². The van der Waals surface area contributed by atoms with Gasteiger partial charge in [0.15, 0.2) is 0 Å². The van der Waals surface area contributed by atoms with Gasteiger partial charge in [-0.2, -0.15) is 0 Å². The molecule has 2 heteroatoms. The van der Waals surface area contributed by atoms with E-state index in [2.05, 4.69) is 26.0 Å². The molecule has 14 heavy (non-hydrogen) atoms. The van der Waals surface area contributed by atoms with Crippen LogP contribution in [0.3, 0.4) is 0 Å². The molecule has 0 radical (unpaired) electrons. The average molecular weight is 212 g/mol. The molecule has 1 nitrogen and oxygen atoms in total. The lowest BCUT2D eigenvalue weighted by Crippen LogP contribution is -2.27. The second kappa shape index (κ2) is 5.38.